The second kappa shape index (κ2) is 4.81. The zero-order valence-electron chi connectivity index (χ0n) is 9.88. The van der Waals surface area contributed by atoms with Crippen LogP contribution in [-0.2, 0) is 0 Å². The second-order valence-corrected chi connectivity index (χ2v) is 4.47. The van der Waals surface area contributed by atoms with Gasteiger partial charge in [0.1, 0.15) is 5.82 Å². The molecule has 2 aromatic rings. The largest absolute Gasteiger partial charge is 0.316 e. The van der Waals surface area contributed by atoms with Crippen molar-refractivity contribution < 1.29 is 4.39 Å². The Bertz CT molecular complexity index is 516. The van der Waals surface area contributed by atoms with Gasteiger partial charge in [-0.05, 0) is 54.1 Å². The normalized spacial score (nSPS) is 19.9. The summed E-state index contributed by atoms with van der Waals surface area (Å²) in [5.74, 6) is 0.903. The summed E-state index contributed by atoms with van der Waals surface area (Å²) in [6.07, 6.45) is 2.20. The van der Waals surface area contributed by atoms with E-state index in [-0.39, 0.29) is 5.82 Å². The Morgan fingerprint density at radius 2 is 2.11 bits per heavy atom. The highest BCUT2D eigenvalue weighted by Gasteiger charge is 2.22. The van der Waals surface area contributed by atoms with E-state index >= 15 is 0 Å². The lowest BCUT2D eigenvalue weighted by molar-refractivity contribution is 0.440. The summed E-state index contributed by atoms with van der Waals surface area (Å²) in [6.45, 7) is 1.94. The number of nitrogens with one attached hydrogen (secondary N) is 1. The number of hydrogen-bond acceptors (Lipinski definition) is 4. The Balaban J connectivity index is 1.93. The zero-order valence-corrected chi connectivity index (χ0v) is 9.88. The van der Waals surface area contributed by atoms with Gasteiger partial charge in [0.2, 0.25) is 0 Å². The fraction of sp³-hybridized carbons (Fsp3) is 0.417. The van der Waals surface area contributed by atoms with Gasteiger partial charge >= 0.3 is 0 Å². The zero-order chi connectivity index (χ0) is 12.4. The fourth-order valence-electron chi connectivity index (χ4n) is 2.29. The van der Waals surface area contributed by atoms with Crippen LogP contribution in [0.4, 0.5) is 4.39 Å². The average molecular weight is 247 g/mol. The van der Waals surface area contributed by atoms with Crippen LogP contribution >= 0.6 is 0 Å². The first-order chi connectivity index (χ1) is 8.84. The second-order valence-electron chi connectivity index (χ2n) is 4.47. The molecule has 1 aromatic carbocycles. The van der Waals surface area contributed by atoms with Crippen LogP contribution in [0.2, 0.25) is 0 Å². The molecule has 18 heavy (non-hydrogen) atoms. The molecule has 1 unspecified atom stereocenters. The monoisotopic (exact) mass is 247 g/mol. The van der Waals surface area contributed by atoms with E-state index in [4.69, 9.17) is 0 Å². The van der Waals surface area contributed by atoms with Crippen LogP contribution in [0.1, 0.15) is 24.6 Å². The third kappa shape index (κ3) is 2.11. The van der Waals surface area contributed by atoms with Crippen molar-refractivity contribution in [1.29, 1.82) is 0 Å². The number of benzene rings is 1. The predicted molar refractivity (Wildman–Crippen MR) is 64.0 cm³/mol. The first kappa shape index (κ1) is 11.3. The molecule has 0 amide bonds. The number of halogens is 1. The maximum Gasteiger partial charge on any atom is 0.161 e. The molecule has 1 atom stereocenters. The van der Waals surface area contributed by atoms with Crippen molar-refractivity contribution >= 4 is 0 Å². The summed E-state index contributed by atoms with van der Waals surface area (Å²) < 4.78 is 14.6. The molecule has 1 N–H and O–H groups in total. The third-order valence-corrected chi connectivity index (χ3v) is 3.23. The highest BCUT2D eigenvalue weighted by atomic mass is 19.1. The molecule has 5 nitrogen and oxygen atoms in total. The van der Waals surface area contributed by atoms with E-state index in [2.05, 4.69) is 20.8 Å². The van der Waals surface area contributed by atoms with Gasteiger partial charge in [-0.1, -0.05) is 0 Å². The first-order valence-corrected chi connectivity index (χ1v) is 6.09. The molecule has 0 saturated carbocycles. The molecular weight excluding hydrogens is 233 g/mol. The number of aromatic nitrogens is 4. The van der Waals surface area contributed by atoms with E-state index in [1.165, 1.54) is 12.1 Å². The van der Waals surface area contributed by atoms with E-state index in [1.54, 1.807) is 16.8 Å². The van der Waals surface area contributed by atoms with Crippen LogP contribution in [0.15, 0.2) is 24.3 Å². The summed E-state index contributed by atoms with van der Waals surface area (Å²) in [6, 6.07) is 6.21. The van der Waals surface area contributed by atoms with E-state index < -0.39 is 0 Å². The van der Waals surface area contributed by atoms with Crippen molar-refractivity contribution in [3.8, 4) is 5.69 Å². The summed E-state index contributed by atoms with van der Waals surface area (Å²) in [7, 11) is 0. The molecule has 94 valence electrons. The minimum absolute atomic E-state index is 0.257. The Morgan fingerprint density at radius 1 is 1.28 bits per heavy atom. The maximum absolute atomic E-state index is 12.9. The lowest BCUT2D eigenvalue weighted by Crippen LogP contribution is -2.30. The Hall–Kier alpha value is -1.82. The van der Waals surface area contributed by atoms with E-state index in [0.29, 0.717) is 5.92 Å². The smallest absolute Gasteiger partial charge is 0.161 e. The molecule has 6 heteroatoms. The molecule has 1 aromatic heterocycles. The number of hydrogen-bond donors (Lipinski definition) is 1. The minimum Gasteiger partial charge on any atom is -0.316 e. The molecule has 1 saturated heterocycles. The predicted octanol–water partition coefficient (Wildman–Crippen LogP) is 1.27. The third-order valence-electron chi connectivity index (χ3n) is 3.23. The number of rotatable bonds is 2. The van der Waals surface area contributed by atoms with Gasteiger partial charge in [0.25, 0.3) is 0 Å². The molecule has 0 bridgehead atoms. The van der Waals surface area contributed by atoms with Crippen molar-refractivity contribution in [2.45, 2.75) is 18.8 Å². The number of tetrazole rings is 1. The summed E-state index contributed by atoms with van der Waals surface area (Å²) in [4.78, 5) is 0. The van der Waals surface area contributed by atoms with Crippen LogP contribution < -0.4 is 5.32 Å². The van der Waals surface area contributed by atoms with Gasteiger partial charge in [-0.2, -0.15) is 4.68 Å². The van der Waals surface area contributed by atoms with Gasteiger partial charge in [0.05, 0.1) is 5.69 Å². The quantitative estimate of drug-likeness (QED) is 0.868. The van der Waals surface area contributed by atoms with E-state index in [1.807, 2.05) is 0 Å². The van der Waals surface area contributed by atoms with Gasteiger partial charge < -0.3 is 5.32 Å². The van der Waals surface area contributed by atoms with Gasteiger partial charge in [0.15, 0.2) is 5.82 Å². The molecule has 1 fully saturated rings. The fourth-order valence-corrected chi connectivity index (χ4v) is 2.29. The molecule has 0 aliphatic carbocycles. The van der Waals surface area contributed by atoms with Crippen molar-refractivity contribution in [2.24, 2.45) is 0 Å². The lowest BCUT2D eigenvalue weighted by Gasteiger charge is -2.21. The molecule has 1 aliphatic heterocycles. The van der Waals surface area contributed by atoms with Crippen molar-refractivity contribution in [3.63, 3.8) is 0 Å². The van der Waals surface area contributed by atoms with Crippen molar-refractivity contribution in [2.75, 3.05) is 13.1 Å². The van der Waals surface area contributed by atoms with Gasteiger partial charge in [0, 0.05) is 12.5 Å². The number of piperidine rings is 1. The average Bonchev–Trinajstić information content (AvgIpc) is 2.90. The lowest BCUT2D eigenvalue weighted by atomic mass is 9.99. The highest BCUT2D eigenvalue weighted by molar-refractivity contribution is 5.31. The molecule has 0 radical (unpaired) electrons. The highest BCUT2D eigenvalue weighted by Crippen LogP contribution is 2.22. The molecule has 1 aliphatic rings. The standard InChI is InChI=1S/C12H14FN5/c13-10-3-5-11(6-4-10)18-12(15-16-17-18)9-2-1-7-14-8-9/h3-6,9,14H,1-2,7-8H2. The summed E-state index contributed by atoms with van der Waals surface area (Å²) >= 11 is 0. The van der Waals surface area contributed by atoms with Crippen LogP contribution in [0, 0.1) is 5.82 Å². The molecule has 0 spiro atoms. The van der Waals surface area contributed by atoms with Crippen molar-refractivity contribution in [1.82, 2.24) is 25.5 Å². The summed E-state index contributed by atoms with van der Waals surface area (Å²) in [5.41, 5.74) is 0.793. The SMILES string of the molecule is Fc1ccc(-n2nnnc2C2CCCNC2)cc1. The molecule has 2 heterocycles. The van der Waals surface area contributed by atoms with Crippen LogP contribution in [-0.4, -0.2) is 33.3 Å². The molecular formula is C12H14FN5. The first-order valence-electron chi connectivity index (χ1n) is 6.09. The van der Waals surface area contributed by atoms with E-state index in [0.717, 1.165) is 37.4 Å². The number of nitrogens with zero attached hydrogens (tertiary/aromatic N) is 4. The molecule has 3 rings (SSSR count). The van der Waals surface area contributed by atoms with Crippen LogP contribution in [0.25, 0.3) is 5.69 Å². The summed E-state index contributed by atoms with van der Waals surface area (Å²) in [5, 5.41) is 15.2. The van der Waals surface area contributed by atoms with Crippen LogP contribution in [0.5, 0.6) is 0 Å². The van der Waals surface area contributed by atoms with Gasteiger partial charge in [-0.15, -0.1) is 5.10 Å². The van der Waals surface area contributed by atoms with Gasteiger partial charge in [-0.3, -0.25) is 0 Å². The Morgan fingerprint density at radius 3 is 2.83 bits per heavy atom. The van der Waals surface area contributed by atoms with Crippen LogP contribution in [0.3, 0.4) is 0 Å². The topological polar surface area (TPSA) is 55.6 Å². The maximum atomic E-state index is 12.9. The Kier molecular flexibility index (Phi) is 3.02. The minimum atomic E-state index is -0.257. The van der Waals surface area contributed by atoms with Crippen molar-refractivity contribution in [3.05, 3.63) is 35.9 Å². The van der Waals surface area contributed by atoms with Gasteiger partial charge in [-0.25, -0.2) is 4.39 Å². The van der Waals surface area contributed by atoms with E-state index in [9.17, 15) is 4.39 Å². The Labute approximate surface area is 104 Å².